The maximum atomic E-state index is 10.3. The summed E-state index contributed by atoms with van der Waals surface area (Å²) in [6.07, 6.45) is 5.68. The van der Waals surface area contributed by atoms with E-state index < -0.39 is 5.60 Å². The molecule has 4 heteroatoms. The van der Waals surface area contributed by atoms with E-state index in [1.807, 2.05) is 13.2 Å². The molecule has 3 N–H and O–H groups in total. The maximum Gasteiger partial charge on any atom is 0.108 e. The van der Waals surface area contributed by atoms with E-state index in [1.165, 1.54) is 0 Å². The SMILES string of the molecule is Cn1cc(C(O)(CN)C2CC2)cn1. The zero-order chi connectivity index (χ0) is 9.47. The lowest BCUT2D eigenvalue weighted by Crippen LogP contribution is -2.36. The number of hydrogen-bond acceptors (Lipinski definition) is 3. The Kier molecular flexibility index (Phi) is 1.89. The molecule has 1 unspecified atom stereocenters. The van der Waals surface area contributed by atoms with Gasteiger partial charge in [-0.2, -0.15) is 5.10 Å². The van der Waals surface area contributed by atoms with Crippen molar-refractivity contribution in [1.29, 1.82) is 0 Å². The van der Waals surface area contributed by atoms with Gasteiger partial charge in [-0.05, 0) is 18.8 Å². The molecule has 1 aromatic heterocycles. The number of aromatic nitrogens is 2. The lowest BCUT2D eigenvalue weighted by atomic mass is 9.91. The Morgan fingerprint density at radius 2 is 2.46 bits per heavy atom. The molecule has 0 aliphatic heterocycles. The predicted octanol–water partition coefficient (Wildman–Crippen LogP) is -0.0236. The highest BCUT2D eigenvalue weighted by atomic mass is 16.3. The van der Waals surface area contributed by atoms with E-state index >= 15 is 0 Å². The van der Waals surface area contributed by atoms with Gasteiger partial charge in [0.2, 0.25) is 0 Å². The first-order valence-electron chi connectivity index (χ1n) is 4.58. The van der Waals surface area contributed by atoms with Gasteiger partial charge in [0.25, 0.3) is 0 Å². The molecule has 1 aromatic rings. The Labute approximate surface area is 77.4 Å². The van der Waals surface area contributed by atoms with Crippen molar-refractivity contribution in [2.75, 3.05) is 6.54 Å². The first-order chi connectivity index (χ1) is 6.16. The second-order valence-electron chi connectivity index (χ2n) is 3.81. The molecule has 0 bridgehead atoms. The van der Waals surface area contributed by atoms with Gasteiger partial charge < -0.3 is 10.8 Å². The third-order valence-corrected chi connectivity index (χ3v) is 2.77. The van der Waals surface area contributed by atoms with Crippen molar-refractivity contribution >= 4 is 0 Å². The zero-order valence-electron chi connectivity index (χ0n) is 7.77. The van der Waals surface area contributed by atoms with Crippen molar-refractivity contribution in [3.63, 3.8) is 0 Å². The minimum Gasteiger partial charge on any atom is -0.383 e. The molecule has 1 heterocycles. The van der Waals surface area contributed by atoms with E-state index in [-0.39, 0.29) is 6.54 Å². The second kappa shape index (κ2) is 2.82. The lowest BCUT2D eigenvalue weighted by Gasteiger charge is -2.24. The fourth-order valence-electron chi connectivity index (χ4n) is 1.73. The van der Waals surface area contributed by atoms with Crippen LogP contribution in [0.15, 0.2) is 12.4 Å². The highest BCUT2D eigenvalue weighted by Gasteiger charge is 2.44. The summed E-state index contributed by atoms with van der Waals surface area (Å²) in [5.41, 5.74) is 5.61. The summed E-state index contributed by atoms with van der Waals surface area (Å²) in [5.74, 6) is 0.335. The quantitative estimate of drug-likeness (QED) is 0.688. The molecule has 1 aliphatic carbocycles. The number of nitrogens with zero attached hydrogens (tertiary/aromatic N) is 2. The standard InChI is InChI=1S/C9H15N3O/c1-12-5-8(4-11-12)9(13,6-10)7-2-3-7/h4-5,7,13H,2-3,6,10H2,1H3. The van der Waals surface area contributed by atoms with Gasteiger partial charge in [0.05, 0.1) is 6.20 Å². The molecular weight excluding hydrogens is 166 g/mol. The minimum absolute atomic E-state index is 0.281. The van der Waals surface area contributed by atoms with Crippen LogP contribution in [0.2, 0.25) is 0 Å². The summed E-state index contributed by atoms with van der Waals surface area (Å²) in [6, 6.07) is 0. The molecule has 1 saturated carbocycles. The molecule has 0 amide bonds. The van der Waals surface area contributed by atoms with E-state index in [1.54, 1.807) is 10.9 Å². The number of aryl methyl sites for hydroxylation is 1. The third-order valence-electron chi connectivity index (χ3n) is 2.77. The first-order valence-corrected chi connectivity index (χ1v) is 4.58. The predicted molar refractivity (Wildman–Crippen MR) is 48.9 cm³/mol. The Hall–Kier alpha value is -0.870. The Bertz CT molecular complexity index is 306. The molecule has 1 aliphatic rings. The molecule has 2 rings (SSSR count). The number of rotatable bonds is 3. The van der Waals surface area contributed by atoms with Gasteiger partial charge in [-0.15, -0.1) is 0 Å². The minimum atomic E-state index is -0.839. The van der Waals surface area contributed by atoms with Gasteiger partial charge in [0.15, 0.2) is 0 Å². The molecular formula is C9H15N3O. The van der Waals surface area contributed by atoms with Crippen molar-refractivity contribution in [2.24, 2.45) is 18.7 Å². The molecule has 1 atom stereocenters. The van der Waals surface area contributed by atoms with Crippen LogP contribution >= 0.6 is 0 Å². The van der Waals surface area contributed by atoms with Crippen LogP contribution in [-0.2, 0) is 12.6 Å². The van der Waals surface area contributed by atoms with Crippen LogP contribution in [0, 0.1) is 5.92 Å². The highest BCUT2D eigenvalue weighted by molar-refractivity contribution is 5.19. The summed E-state index contributed by atoms with van der Waals surface area (Å²) in [6.45, 7) is 0.281. The average molecular weight is 181 g/mol. The molecule has 1 fully saturated rings. The van der Waals surface area contributed by atoms with Gasteiger partial charge in [0.1, 0.15) is 5.60 Å². The highest BCUT2D eigenvalue weighted by Crippen LogP contribution is 2.44. The molecule has 4 nitrogen and oxygen atoms in total. The fourth-order valence-corrected chi connectivity index (χ4v) is 1.73. The van der Waals surface area contributed by atoms with Gasteiger partial charge in [-0.3, -0.25) is 4.68 Å². The number of hydrogen-bond donors (Lipinski definition) is 2. The van der Waals surface area contributed by atoms with E-state index in [0.29, 0.717) is 5.92 Å². The van der Waals surface area contributed by atoms with Crippen molar-refractivity contribution in [3.8, 4) is 0 Å². The topological polar surface area (TPSA) is 64.1 Å². The van der Waals surface area contributed by atoms with Crippen LogP contribution in [-0.4, -0.2) is 21.4 Å². The molecule has 0 radical (unpaired) electrons. The van der Waals surface area contributed by atoms with Crippen LogP contribution in [0.1, 0.15) is 18.4 Å². The van der Waals surface area contributed by atoms with E-state index in [0.717, 1.165) is 18.4 Å². The fraction of sp³-hybridized carbons (Fsp3) is 0.667. The second-order valence-corrected chi connectivity index (χ2v) is 3.81. The lowest BCUT2D eigenvalue weighted by molar-refractivity contribution is 0.0221. The Morgan fingerprint density at radius 3 is 2.85 bits per heavy atom. The van der Waals surface area contributed by atoms with Crippen LogP contribution < -0.4 is 5.73 Å². The molecule has 0 aromatic carbocycles. The Balaban J connectivity index is 2.29. The smallest absolute Gasteiger partial charge is 0.108 e. The van der Waals surface area contributed by atoms with E-state index in [9.17, 15) is 5.11 Å². The molecule has 0 spiro atoms. The van der Waals surface area contributed by atoms with Crippen LogP contribution in [0.3, 0.4) is 0 Å². The van der Waals surface area contributed by atoms with Crippen LogP contribution in [0.4, 0.5) is 0 Å². The average Bonchev–Trinajstić information content (AvgIpc) is 2.89. The summed E-state index contributed by atoms with van der Waals surface area (Å²) < 4.78 is 1.69. The van der Waals surface area contributed by atoms with E-state index in [2.05, 4.69) is 5.10 Å². The van der Waals surface area contributed by atoms with Crippen LogP contribution in [0.25, 0.3) is 0 Å². The molecule has 72 valence electrons. The summed E-state index contributed by atoms with van der Waals surface area (Å²) in [5, 5.41) is 14.3. The van der Waals surface area contributed by atoms with Gasteiger partial charge >= 0.3 is 0 Å². The van der Waals surface area contributed by atoms with Gasteiger partial charge in [-0.25, -0.2) is 0 Å². The van der Waals surface area contributed by atoms with Crippen molar-refractivity contribution in [3.05, 3.63) is 18.0 Å². The van der Waals surface area contributed by atoms with Crippen molar-refractivity contribution in [1.82, 2.24) is 9.78 Å². The van der Waals surface area contributed by atoms with Gasteiger partial charge in [0, 0.05) is 25.4 Å². The molecule has 13 heavy (non-hydrogen) atoms. The number of nitrogens with two attached hydrogens (primary N) is 1. The van der Waals surface area contributed by atoms with Gasteiger partial charge in [-0.1, -0.05) is 0 Å². The summed E-state index contributed by atoms with van der Waals surface area (Å²) in [7, 11) is 1.84. The zero-order valence-corrected chi connectivity index (χ0v) is 7.77. The summed E-state index contributed by atoms with van der Waals surface area (Å²) in [4.78, 5) is 0. The largest absolute Gasteiger partial charge is 0.383 e. The molecule has 0 saturated heterocycles. The normalized spacial score (nSPS) is 21.5. The number of aliphatic hydroxyl groups is 1. The maximum absolute atomic E-state index is 10.3. The van der Waals surface area contributed by atoms with E-state index in [4.69, 9.17) is 5.73 Å². The van der Waals surface area contributed by atoms with Crippen molar-refractivity contribution < 1.29 is 5.11 Å². The summed E-state index contributed by atoms with van der Waals surface area (Å²) >= 11 is 0. The first kappa shape index (κ1) is 8.72. The third kappa shape index (κ3) is 1.36. The van der Waals surface area contributed by atoms with Crippen LogP contribution in [0.5, 0.6) is 0 Å². The van der Waals surface area contributed by atoms with Crippen molar-refractivity contribution in [2.45, 2.75) is 18.4 Å². The monoisotopic (exact) mass is 181 g/mol. The Morgan fingerprint density at radius 1 is 1.77 bits per heavy atom.